The van der Waals surface area contributed by atoms with Gasteiger partial charge < -0.3 is 9.47 Å². The Hall–Kier alpha value is -2.38. The third kappa shape index (κ3) is 4.58. The lowest BCUT2D eigenvalue weighted by atomic mass is 10.1. The Balaban J connectivity index is 1.40. The van der Waals surface area contributed by atoms with Gasteiger partial charge in [0.25, 0.3) is 0 Å². The van der Waals surface area contributed by atoms with Gasteiger partial charge in [-0.3, -0.25) is 0 Å². The van der Waals surface area contributed by atoms with Crippen LogP contribution in [-0.4, -0.2) is 29.3 Å². The van der Waals surface area contributed by atoms with E-state index in [0.717, 1.165) is 36.3 Å². The molecule has 1 aliphatic heterocycles. The summed E-state index contributed by atoms with van der Waals surface area (Å²) in [5, 5.41) is 0. The molecule has 1 unspecified atom stereocenters. The van der Waals surface area contributed by atoms with Crippen LogP contribution in [0.2, 0.25) is 0 Å². The number of nitrogens with zero attached hydrogens (tertiary/aromatic N) is 2. The smallest absolute Gasteiger partial charge is 0.216 e. The fourth-order valence-corrected chi connectivity index (χ4v) is 2.83. The number of rotatable bonds is 4. The Labute approximate surface area is 148 Å². The van der Waals surface area contributed by atoms with Gasteiger partial charge in [-0.1, -0.05) is 24.0 Å². The molecule has 0 bridgehead atoms. The molecule has 0 amide bonds. The zero-order chi connectivity index (χ0) is 16.9. The normalized spacial score (nSPS) is 19.8. The van der Waals surface area contributed by atoms with E-state index in [1.54, 1.807) is 6.33 Å². The molecule has 1 aromatic carbocycles. The van der Waals surface area contributed by atoms with Crippen molar-refractivity contribution in [1.82, 2.24) is 9.97 Å². The lowest BCUT2D eigenvalue weighted by Gasteiger charge is -2.22. The van der Waals surface area contributed by atoms with Gasteiger partial charge in [0, 0.05) is 29.7 Å². The third-order valence-corrected chi connectivity index (χ3v) is 4.51. The Kier molecular flexibility index (Phi) is 4.94. The van der Waals surface area contributed by atoms with E-state index in [9.17, 15) is 0 Å². The molecule has 2 aromatic rings. The molecule has 1 atom stereocenters. The van der Waals surface area contributed by atoms with Crippen LogP contribution in [0.5, 0.6) is 5.88 Å². The summed E-state index contributed by atoms with van der Waals surface area (Å²) in [5.74, 6) is 7.73. The Morgan fingerprint density at radius 2 is 1.96 bits per heavy atom. The predicted molar refractivity (Wildman–Crippen MR) is 96.2 cm³/mol. The molecule has 0 N–H and O–H groups in total. The fraction of sp³-hybridized carbons (Fsp3) is 0.429. The summed E-state index contributed by atoms with van der Waals surface area (Å²) in [6.07, 6.45) is 7.64. The van der Waals surface area contributed by atoms with Crippen LogP contribution in [0.3, 0.4) is 0 Å². The summed E-state index contributed by atoms with van der Waals surface area (Å²) in [6, 6.07) is 10.1. The van der Waals surface area contributed by atoms with Crippen LogP contribution in [0, 0.1) is 17.8 Å². The average Bonchev–Trinajstić information content (AvgIpc) is 3.51. The summed E-state index contributed by atoms with van der Waals surface area (Å²) >= 11 is 0. The number of benzene rings is 1. The topological polar surface area (TPSA) is 44.2 Å². The summed E-state index contributed by atoms with van der Waals surface area (Å²) in [4.78, 5) is 8.57. The Morgan fingerprint density at radius 1 is 1.08 bits per heavy atom. The van der Waals surface area contributed by atoms with E-state index in [1.165, 1.54) is 19.3 Å². The first-order chi connectivity index (χ1) is 12.4. The van der Waals surface area contributed by atoms with E-state index in [1.807, 2.05) is 30.3 Å². The summed E-state index contributed by atoms with van der Waals surface area (Å²) in [6.45, 7) is 1.38. The van der Waals surface area contributed by atoms with Crippen molar-refractivity contribution >= 4 is 0 Å². The minimum atomic E-state index is 0.177. The molecule has 2 heterocycles. The van der Waals surface area contributed by atoms with Gasteiger partial charge in [0.1, 0.15) is 12.9 Å². The molecule has 1 saturated carbocycles. The summed E-state index contributed by atoms with van der Waals surface area (Å²) in [5.41, 5.74) is 2.95. The maximum atomic E-state index is 5.80. The van der Waals surface area contributed by atoms with E-state index in [0.29, 0.717) is 18.4 Å². The minimum absolute atomic E-state index is 0.177. The van der Waals surface area contributed by atoms with Gasteiger partial charge in [-0.15, -0.1) is 0 Å². The van der Waals surface area contributed by atoms with Gasteiger partial charge in [-0.25, -0.2) is 9.97 Å². The van der Waals surface area contributed by atoms with Crippen LogP contribution in [0.15, 0.2) is 36.7 Å². The first-order valence-electron chi connectivity index (χ1n) is 9.05. The van der Waals surface area contributed by atoms with Crippen molar-refractivity contribution in [3.8, 4) is 29.0 Å². The van der Waals surface area contributed by atoms with Crippen LogP contribution in [0.1, 0.15) is 37.7 Å². The molecule has 2 aliphatic rings. The first-order valence-corrected chi connectivity index (χ1v) is 9.05. The highest BCUT2D eigenvalue weighted by Gasteiger charge is 2.17. The van der Waals surface area contributed by atoms with Crippen molar-refractivity contribution in [1.29, 1.82) is 0 Å². The van der Waals surface area contributed by atoms with Crippen LogP contribution in [0.25, 0.3) is 11.3 Å². The highest BCUT2D eigenvalue weighted by atomic mass is 16.5. The van der Waals surface area contributed by atoms with Crippen molar-refractivity contribution in [2.24, 2.45) is 5.92 Å². The molecular weight excluding hydrogens is 312 g/mol. The fourth-order valence-electron chi connectivity index (χ4n) is 2.83. The van der Waals surface area contributed by atoms with Crippen LogP contribution < -0.4 is 4.74 Å². The first kappa shape index (κ1) is 16.1. The van der Waals surface area contributed by atoms with Crippen LogP contribution in [-0.2, 0) is 4.74 Å². The molecule has 1 aromatic heterocycles. The Bertz CT molecular complexity index is 766. The highest BCUT2D eigenvalue weighted by Crippen LogP contribution is 2.27. The zero-order valence-corrected chi connectivity index (χ0v) is 14.3. The van der Waals surface area contributed by atoms with E-state index in [-0.39, 0.29) is 6.10 Å². The van der Waals surface area contributed by atoms with Crippen molar-refractivity contribution < 1.29 is 9.47 Å². The van der Waals surface area contributed by atoms with Crippen molar-refractivity contribution in [3.63, 3.8) is 0 Å². The molecule has 2 fully saturated rings. The zero-order valence-electron chi connectivity index (χ0n) is 14.3. The maximum absolute atomic E-state index is 5.80. The number of ether oxygens (including phenoxy) is 2. The molecule has 25 heavy (non-hydrogen) atoms. The van der Waals surface area contributed by atoms with Gasteiger partial charge in [0.05, 0.1) is 11.8 Å². The van der Waals surface area contributed by atoms with Gasteiger partial charge in [-0.2, -0.15) is 0 Å². The predicted octanol–water partition coefficient (Wildman–Crippen LogP) is 3.85. The second-order valence-electron chi connectivity index (χ2n) is 6.66. The van der Waals surface area contributed by atoms with Crippen LogP contribution in [0.4, 0.5) is 0 Å². The van der Waals surface area contributed by atoms with Gasteiger partial charge >= 0.3 is 0 Å². The number of hydrogen-bond acceptors (Lipinski definition) is 4. The van der Waals surface area contributed by atoms with Crippen molar-refractivity contribution in [2.75, 3.05) is 13.2 Å². The average molecular weight is 334 g/mol. The maximum Gasteiger partial charge on any atom is 0.216 e. The van der Waals surface area contributed by atoms with Gasteiger partial charge in [0.15, 0.2) is 0 Å². The van der Waals surface area contributed by atoms with Crippen LogP contribution >= 0.6 is 0 Å². The molecule has 128 valence electrons. The SMILES string of the molecule is C(#CC1CC1)c1ccc(-c2cc(OCC3CCCCO3)ncn2)cc1. The number of hydrogen-bond donors (Lipinski definition) is 0. The molecule has 4 heteroatoms. The minimum Gasteiger partial charge on any atom is -0.475 e. The van der Waals surface area contributed by atoms with Gasteiger partial charge in [0.2, 0.25) is 5.88 Å². The number of aromatic nitrogens is 2. The standard InChI is InChI=1S/C21H22N2O2/c1-2-12-24-19(3-1)14-25-21-13-20(22-15-23-21)18-10-8-17(9-11-18)7-6-16-4-5-16/h8-11,13,15-16,19H,1-5,12,14H2. The monoisotopic (exact) mass is 334 g/mol. The molecule has 4 rings (SSSR count). The van der Waals surface area contributed by atoms with E-state index < -0.39 is 0 Å². The molecule has 1 saturated heterocycles. The van der Waals surface area contributed by atoms with E-state index in [2.05, 4.69) is 21.8 Å². The Morgan fingerprint density at radius 3 is 2.72 bits per heavy atom. The third-order valence-electron chi connectivity index (χ3n) is 4.51. The summed E-state index contributed by atoms with van der Waals surface area (Å²) in [7, 11) is 0. The largest absolute Gasteiger partial charge is 0.475 e. The lowest BCUT2D eigenvalue weighted by Crippen LogP contribution is -2.26. The molecule has 0 spiro atoms. The van der Waals surface area contributed by atoms with Crippen molar-refractivity contribution in [3.05, 3.63) is 42.2 Å². The van der Waals surface area contributed by atoms with Gasteiger partial charge in [-0.05, 0) is 44.2 Å². The molecule has 1 aliphatic carbocycles. The molecular formula is C21H22N2O2. The molecule has 0 radical (unpaired) electrons. The highest BCUT2D eigenvalue weighted by molar-refractivity contribution is 5.61. The molecule has 4 nitrogen and oxygen atoms in total. The van der Waals surface area contributed by atoms with E-state index in [4.69, 9.17) is 9.47 Å². The second kappa shape index (κ2) is 7.67. The van der Waals surface area contributed by atoms with E-state index >= 15 is 0 Å². The second-order valence-corrected chi connectivity index (χ2v) is 6.66. The summed E-state index contributed by atoms with van der Waals surface area (Å²) < 4.78 is 11.5. The lowest BCUT2D eigenvalue weighted by molar-refractivity contribution is -0.0119. The van der Waals surface area contributed by atoms with Crippen molar-refractivity contribution in [2.45, 2.75) is 38.2 Å². The quantitative estimate of drug-likeness (QED) is 0.797.